The molecule has 1 unspecified atom stereocenters. The van der Waals surface area contributed by atoms with E-state index in [0.717, 1.165) is 27.7 Å². The number of halogens is 1. The van der Waals surface area contributed by atoms with Gasteiger partial charge in [-0.25, -0.2) is 4.39 Å². The SMILES string of the molecule is CCOC(=O)CC(O)C=Cc1c(-c2ccc(F)cc2)c2ccccc2n1C(C)C. The normalized spacial score (nSPS) is 12.8. The number of aliphatic hydroxyl groups is 1. The maximum atomic E-state index is 13.5. The molecule has 152 valence electrons. The van der Waals surface area contributed by atoms with Gasteiger partial charge in [-0.1, -0.05) is 36.4 Å². The molecule has 0 radical (unpaired) electrons. The first-order valence-corrected chi connectivity index (χ1v) is 9.83. The molecule has 0 saturated carbocycles. The number of fused-ring (bicyclic) bond motifs is 1. The van der Waals surface area contributed by atoms with E-state index in [1.807, 2.05) is 24.3 Å². The number of benzene rings is 2. The minimum atomic E-state index is -0.950. The third-order valence-corrected chi connectivity index (χ3v) is 4.76. The number of ether oxygens (including phenoxy) is 1. The van der Waals surface area contributed by atoms with E-state index in [1.54, 1.807) is 25.1 Å². The number of hydrogen-bond acceptors (Lipinski definition) is 3. The lowest BCUT2D eigenvalue weighted by Gasteiger charge is -2.14. The minimum absolute atomic E-state index is 0.0991. The van der Waals surface area contributed by atoms with Crippen LogP contribution < -0.4 is 0 Å². The number of para-hydroxylation sites is 1. The van der Waals surface area contributed by atoms with Crippen LogP contribution >= 0.6 is 0 Å². The highest BCUT2D eigenvalue weighted by Gasteiger charge is 2.19. The van der Waals surface area contributed by atoms with Gasteiger partial charge in [-0.3, -0.25) is 4.79 Å². The molecule has 0 bridgehead atoms. The average molecular weight is 395 g/mol. The van der Waals surface area contributed by atoms with E-state index in [1.165, 1.54) is 12.1 Å². The molecule has 3 rings (SSSR count). The van der Waals surface area contributed by atoms with Crippen LogP contribution in [0.15, 0.2) is 54.6 Å². The Morgan fingerprint density at radius 1 is 1.17 bits per heavy atom. The highest BCUT2D eigenvalue weighted by Crippen LogP contribution is 2.37. The van der Waals surface area contributed by atoms with E-state index < -0.39 is 12.1 Å². The lowest BCUT2D eigenvalue weighted by atomic mass is 10.0. The van der Waals surface area contributed by atoms with Gasteiger partial charge in [0.1, 0.15) is 5.82 Å². The van der Waals surface area contributed by atoms with Crippen molar-refractivity contribution in [1.82, 2.24) is 4.57 Å². The number of carbonyl (C=O) groups excluding carboxylic acids is 1. The Kier molecular flexibility index (Phi) is 6.49. The largest absolute Gasteiger partial charge is 0.466 e. The third-order valence-electron chi connectivity index (χ3n) is 4.76. The zero-order valence-corrected chi connectivity index (χ0v) is 16.9. The molecule has 3 aromatic rings. The summed E-state index contributed by atoms with van der Waals surface area (Å²) >= 11 is 0. The third kappa shape index (κ3) is 4.57. The second-order valence-corrected chi connectivity index (χ2v) is 7.18. The number of hydrogen-bond donors (Lipinski definition) is 1. The second-order valence-electron chi connectivity index (χ2n) is 7.18. The first-order valence-electron chi connectivity index (χ1n) is 9.83. The van der Waals surface area contributed by atoms with Crippen molar-refractivity contribution in [3.8, 4) is 11.1 Å². The molecule has 0 aliphatic carbocycles. The summed E-state index contributed by atoms with van der Waals surface area (Å²) in [5.74, 6) is -0.726. The summed E-state index contributed by atoms with van der Waals surface area (Å²) in [6.07, 6.45) is 2.39. The first kappa shape index (κ1) is 20.8. The van der Waals surface area contributed by atoms with Crippen LogP contribution in [0.3, 0.4) is 0 Å². The lowest BCUT2D eigenvalue weighted by molar-refractivity contribution is -0.144. The molecule has 1 atom stereocenters. The van der Waals surface area contributed by atoms with Crippen LogP contribution in [0.1, 0.15) is 38.9 Å². The van der Waals surface area contributed by atoms with Crippen LogP contribution in [-0.4, -0.2) is 28.4 Å². The molecule has 0 fully saturated rings. The molecule has 5 heteroatoms. The van der Waals surface area contributed by atoms with Crippen molar-refractivity contribution in [1.29, 1.82) is 0 Å². The molecule has 0 aliphatic rings. The molecule has 2 aromatic carbocycles. The molecule has 29 heavy (non-hydrogen) atoms. The fraction of sp³-hybridized carbons (Fsp3) is 0.292. The van der Waals surface area contributed by atoms with Crippen LogP contribution in [0, 0.1) is 5.82 Å². The predicted octanol–water partition coefficient (Wildman–Crippen LogP) is 5.36. The smallest absolute Gasteiger partial charge is 0.308 e. The molecule has 1 N–H and O–H groups in total. The molecular weight excluding hydrogens is 369 g/mol. The van der Waals surface area contributed by atoms with E-state index in [0.29, 0.717) is 0 Å². The fourth-order valence-electron chi connectivity index (χ4n) is 3.58. The molecule has 1 aromatic heterocycles. The zero-order valence-electron chi connectivity index (χ0n) is 16.9. The van der Waals surface area contributed by atoms with Gasteiger partial charge in [-0.2, -0.15) is 0 Å². The van der Waals surface area contributed by atoms with Crippen molar-refractivity contribution in [3.05, 3.63) is 66.1 Å². The van der Waals surface area contributed by atoms with Crippen LogP contribution in [0.2, 0.25) is 0 Å². The van der Waals surface area contributed by atoms with Gasteiger partial charge in [0, 0.05) is 28.2 Å². The van der Waals surface area contributed by atoms with E-state index in [9.17, 15) is 14.3 Å². The van der Waals surface area contributed by atoms with Crippen molar-refractivity contribution in [2.75, 3.05) is 6.61 Å². The monoisotopic (exact) mass is 395 g/mol. The summed E-state index contributed by atoms with van der Waals surface area (Å²) in [5.41, 5.74) is 3.81. The Labute approximate surface area is 170 Å². The maximum absolute atomic E-state index is 13.5. The number of esters is 1. The molecule has 0 aliphatic heterocycles. The van der Waals surface area contributed by atoms with Crippen LogP contribution in [0.4, 0.5) is 4.39 Å². The maximum Gasteiger partial charge on any atom is 0.308 e. The highest BCUT2D eigenvalue weighted by molar-refractivity contribution is 6.01. The van der Waals surface area contributed by atoms with Gasteiger partial charge in [-0.05, 0) is 50.6 Å². The van der Waals surface area contributed by atoms with Gasteiger partial charge in [0.15, 0.2) is 0 Å². The van der Waals surface area contributed by atoms with Crippen molar-refractivity contribution >= 4 is 22.9 Å². The Bertz CT molecular complexity index is 1020. The predicted molar refractivity (Wildman–Crippen MR) is 114 cm³/mol. The van der Waals surface area contributed by atoms with Gasteiger partial charge in [-0.15, -0.1) is 0 Å². The zero-order chi connectivity index (χ0) is 21.0. The summed E-state index contributed by atoms with van der Waals surface area (Å²) in [6.45, 7) is 6.20. The van der Waals surface area contributed by atoms with Crippen molar-refractivity contribution in [2.45, 2.75) is 39.3 Å². The van der Waals surface area contributed by atoms with Crippen LogP contribution in [0.25, 0.3) is 28.1 Å². The van der Waals surface area contributed by atoms with Crippen LogP contribution in [0.5, 0.6) is 0 Å². The molecular formula is C24H26FNO3. The molecule has 0 spiro atoms. The van der Waals surface area contributed by atoms with E-state index >= 15 is 0 Å². The fourth-order valence-corrected chi connectivity index (χ4v) is 3.58. The van der Waals surface area contributed by atoms with Crippen molar-refractivity contribution in [3.63, 3.8) is 0 Å². The minimum Gasteiger partial charge on any atom is -0.466 e. The van der Waals surface area contributed by atoms with Gasteiger partial charge >= 0.3 is 5.97 Å². The number of carbonyl (C=O) groups is 1. The first-order chi connectivity index (χ1) is 13.9. The van der Waals surface area contributed by atoms with E-state index in [-0.39, 0.29) is 24.9 Å². The van der Waals surface area contributed by atoms with Crippen molar-refractivity contribution in [2.24, 2.45) is 0 Å². The number of nitrogens with zero attached hydrogens (tertiary/aromatic N) is 1. The molecule has 0 saturated heterocycles. The van der Waals surface area contributed by atoms with E-state index in [2.05, 4.69) is 24.5 Å². The van der Waals surface area contributed by atoms with Gasteiger partial charge in [0.25, 0.3) is 0 Å². The summed E-state index contributed by atoms with van der Waals surface area (Å²) in [5, 5.41) is 11.3. The number of aliphatic hydroxyl groups excluding tert-OH is 1. The Morgan fingerprint density at radius 2 is 1.86 bits per heavy atom. The van der Waals surface area contributed by atoms with Crippen LogP contribution in [-0.2, 0) is 9.53 Å². The topological polar surface area (TPSA) is 51.5 Å². The summed E-state index contributed by atoms with van der Waals surface area (Å²) in [6, 6.07) is 14.6. The Balaban J connectivity index is 2.12. The Morgan fingerprint density at radius 3 is 2.52 bits per heavy atom. The van der Waals surface area contributed by atoms with Crippen molar-refractivity contribution < 1.29 is 19.0 Å². The summed E-state index contributed by atoms with van der Waals surface area (Å²) < 4.78 is 20.6. The second kappa shape index (κ2) is 9.05. The number of rotatable bonds is 7. The van der Waals surface area contributed by atoms with Gasteiger partial charge in [0.05, 0.1) is 19.1 Å². The average Bonchev–Trinajstić information content (AvgIpc) is 3.01. The molecule has 4 nitrogen and oxygen atoms in total. The number of aromatic nitrogens is 1. The lowest BCUT2D eigenvalue weighted by Crippen LogP contribution is -2.13. The van der Waals surface area contributed by atoms with Gasteiger partial charge in [0.2, 0.25) is 0 Å². The standard InChI is InChI=1S/C24H26FNO3/c1-4-29-23(28)15-19(27)13-14-22-24(17-9-11-18(25)12-10-17)20-7-5-6-8-21(20)26(22)16(2)3/h5-14,16,19,27H,4,15H2,1-3H3. The molecule has 0 amide bonds. The molecule has 1 heterocycles. The van der Waals surface area contributed by atoms with Gasteiger partial charge < -0.3 is 14.4 Å². The van der Waals surface area contributed by atoms with E-state index in [4.69, 9.17) is 4.74 Å². The highest BCUT2D eigenvalue weighted by atomic mass is 19.1. The summed E-state index contributed by atoms with van der Waals surface area (Å²) in [4.78, 5) is 11.6. The quantitative estimate of drug-likeness (QED) is 0.548. The summed E-state index contributed by atoms with van der Waals surface area (Å²) in [7, 11) is 0. The Hall–Kier alpha value is -2.92.